The summed E-state index contributed by atoms with van der Waals surface area (Å²) in [6, 6.07) is 17.6. The molecule has 0 aliphatic heterocycles. The average Bonchev–Trinajstić information content (AvgIpc) is 3.41. The molecule has 0 aliphatic rings. The van der Waals surface area contributed by atoms with E-state index in [-0.39, 0.29) is 11.8 Å². The molecule has 0 saturated heterocycles. The van der Waals surface area contributed by atoms with E-state index in [2.05, 4.69) is 20.1 Å². The maximum Gasteiger partial charge on any atom is 0.220 e. The molecular formula is C23H24ClN5O. The summed E-state index contributed by atoms with van der Waals surface area (Å²) >= 11 is 6.03. The van der Waals surface area contributed by atoms with Crippen molar-refractivity contribution < 1.29 is 4.79 Å². The Balaban J connectivity index is 1.31. The van der Waals surface area contributed by atoms with Crippen molar-refractivity contribution in [2.45, 2.75) is 31.7 Å². The molecule has 1 unspecified atom stereocenters. The number of aryl methyl sites for hydroxylation is 1. The highest BCUT2D eigenvalue weighted by Crippen LogP contribution is 2.24. The first-order valence-electron chi connectivity index (χ1n) is 10.1. The van der Waals surface area contributed by atoms with Gasteiger partial charge < -0.3 is 9.88 Å². The molecule has 3 heterocycles. The van der Waals surface area contributed by atoms with Crippen LogP contribution in [0.4, 0.5) is 0 Å². The van der Waals surface area contributed by atoms with Gasteiger partial charge in [-0.1, -0.05) is 29.8 Å². The molecule has 4 rings (SSSR count). The highest BCUT2D eigenvalue weighted by atomic mass is 35.5. The number of nitrogens with one attached hydrogen (secondary N) is 1. The molecule has 1 amide bonds. The minimum absolute atomic E-state index is 0.0493. The van der Waals surface area contributed by atoms with Crippen molar-refractivity contribution in [2.24, 2.45) is 0 Å². The maximum atomic E-state index is 12.6. The van der Waals surface area contributed by atoms with Crippen LogP contribution in [0.1, 0.15) is 30.1 Å². The van der Waals surface area contributed by atoms with Gasteiger partial charge in [0.05, 0.1) is 0 Å². The zero-order valence-corrected chi connectivity index (χ0v) is 17.4. The smallest absolute Gasteiger partial charge is 0.220 e. The molecule has 1 aromatic carbocycles. The van der Waals surface area contributed by atoms with E-state index >= 15 is 0 Å². The van der Waals surface area contributed by atoms with E-state index in [9.17, 15) is 4.79 Å². The fourth-order valence-electron chi connectivity index (χ4n) is 3.60. The topological polar surface area (TPSA) is 64.2 Å². The van der Waals surface area contributed by atoms with Crippen molar-refractivity contribution in [3.8, 4) is 0 Å². The number of carbonyl (C=O) groups is 1. The van der Waals surface area contributed by atoms with Crippen molar-refractivity contribution >= 4 is 23.2 Å². The molecule has 0 radical (unpaired) electrons. The molecule has 4 aromatic rings. The number of fused-ring (bicyclic) bond motifs is 1. The Morgan fingerprint density at radius 2 is 1.77 bits per heavy atom. The monoisotopic (exact) mass is 421 g/mol. The second kappa shape index (κ2) is 9.59. The number of amides is 1. The van der Waals surface area contributed by atoms with Gasteiger partial charge >= 0.3 is 0 Å². The molecule has 1 N–H and O–H groups in total. The fraction of sp³-hybridized carbons (Fsp3) is 0.261. The predicted molar refractivity (Wildman–Crippen MR) is 118 cm³/mol. The van der Waals surface area contributed by atoms with Crippen LogP contribution >= 0.6 is 11.6 Å². The van der Waals surface area contributed by atoms with Crippen LogP contribution in [0, 0.1) is 0 Å². The Morgan fingerprint density at radius 3 is 2.57 bits per heavy atom. The minimum Gasteiger partial charge on any atom is -0.356 e. The summed E-state index contributed by atoms with van der Waals surface area (Å²) in [5.41, 5.74) is 1.95. The lowest BCUT2D eigenvalue weighted by molar-refractivity contribution is -0.121. The van der Waals surface area contributed by atoms with E-state index in [1.165, 1.54) is 0 Å². The molecule has 0 fully saturated rings. The molecule has 0 saturated carbocycles. The number of halogens is 1. The number of pyridine rings is 1. The molecule has 1 atom stereocenters. The van der Waals surface area contributed by atoms with Crippen LogP contribution in [0.25, 0.3) is 5.65 Å². The second-order valence-electron chi connectivity index (χ2n) is 7.33. The van der Waals surface area contributed by atoms with Gasteiger partial charge in [-0.05, 0) is 48.4 Å². The normalized spacial score (nSPS) is 12.2. The van der Waals surface area contributed by atoms with Crippen LogP contribution in [0.15, 0.2) is 73.2 Å². The van der Waals surface area contributed by atoms with Gasteiger partial charge in [-0.15, -0.1) is 10.2 Å². The summed E-state index contributed by atoms with van der Waals surface area (Å²) in [5, 5.41) is 12.1. The summed E-state index contributed by atoms with van der Waals surface area (Å²) in [6.07, 6.45) is 7.99. The molecule has 154 valence electrons. The summed E-state index contributed by atoms with van der Waals surface area (Å²) in [5.74, 6) is 1.04. The molecule has 0 spiro atoms. The second-order valence-corrected chi connectivity index (χ2v) is 7.77. The molecule has 3 aromatic heterocycles. The highest BCUT2D eigenvalue weighted by Gasteiger charge is 2.17. The van der Waals surface area contributed by atoms with E-state index in [1.807, 2.05) is 77.6 Å². The van der Waals surface area contributed by atoms with Gasteiger partial charge in [0.25, 0.3) is 0 Å². The van der Waals surface area contributed by atoms with Crippen molar-refractivity contribution in [1.82, 2.24) is 24.5 Å². The number of aromatic nitrogens is 4. The number of rotatable bonds is 9. The van der Waals surface area contributed by atoms with Crippen molar-refractivity contribution in [2.75, 3.05) is 6.54 Å². The van der Waals surface area contributed by atoms with Gasteiger partial charge in [-0.25, -0.2) is 0 Å². The highest BCUT2D eigenvalue weighted by molar-refractivity contribution is 6.30. The Bertz CT molecular complexity index is 1090. The van der Waals surface area contributed by atoms with Crippen molar-refractivity contribution in [3.63, 3.8) is 0 Å². The van der Waals surface area contributed by atoms with E-state index in [4.69, 9.17) is 11.6 Å². The maximum absolute atomic E-state index is 12.6. The molecule has 7 heteroatoms. The van der Waals surface area contributed by atoms with E-state index in [0.717, 1.165) is 36.4 Å². The van der Waals surface area contributed by atoms with Crippen LogP contribution in [-0.4, -0.2) is 31.6 Å². The van der Waals surface area contributed by atoms with Crippen molar-refractivity contribution in [1.29, 1.82) is 0 Å². The standard InChI is InChI=1S/C23H24ClN5O/c24-20-10-8-18(9-11-20)19(17-28-13-3-4-14-28)16-23(30)25-12-5-7-22-27-26-21-6-1-2-15-29(21)22/h1-4,6,8-11,13-15,19H,5,7,12,16-17H2,(H,25,30). The van der Waals surface area contributed by atoms with E-state index < -0.39 is 0 Å². The Labute approximate surface area is 180 Å². The average molecular weight is 422 g/mol. The zero-order valence-electron chi connectivity index (χ0n) is 16.6. The molecule has 0 bridgehead atoms. The lowest BCUT2D eigenvalue weighted by atomic mass is 9.95. The van der Waals surface area contributed by atoms with E-state index in [0.29, 0.717) is 18.0 Å². The number of hydrogen-bond acceptors (Lipinski definition) is 3. The number of benzene rings is 1. The number of carbonyl (C=O) groups excluding carboxylic acids is 1. The Hall–Kier alpha value is -3.12. The van der Waals surface area contributed by atoms with Crippen LogP contribution in [-0.2, 0) is 17.8 Å². The van der Waals surface area contributed by atoms with Crippen LogP contribution in [0.3, 0.4) is 0 Å². The van der Waals surface area contributed by atoms with Crippen LogP contribution < -0.4 is 5.32 Å². The number of hydrogen-bond donors (Lipinski definition) is 1. The van der Waals surface area contributed by atoms with Gasteiger partial charge in [-0.3, -0.25) is 9.20 Å². The zero-order chi connectivity index (χ0) is 20.8. The summed E-state index contributed by atoms with van der Waals surface area (Å²) in [7, 11) is 0. The lowest BCUT2D eigenvalue weighted by Gasteiger charge is -2.18. The van der Waals surface area contributed by atoms with Gasteiger partial charge in [0.15, 0.2) is 5.65 Å². The first-order valence-corrected chi connectivity index (χ1v) is 10.5. The fourth-order valence-corrected chi connectivity index (χ4v) is 3.73. The Morgan fingerprint density at radius 1 is 1.00 bits per heavy atom. The largest absolute Gasteiger partial charge is 0.356 e. The van der Waals surface area contributed by atoms with Crippen LogP contribution in [0.2, 0.25) is 5.02 Å². The molecule has 0 aliphatic carbocycles. The third kappa shape index (κ3) is 5.07. The molecule has 6 nitrogen and oxygen atoms in total. The Kier molecular flexibility index (Phi) is 6.44. The summed E-state index contributed by atoms with van der Waals surface area (Å²) in [4.78, 5) is 12.6. The third-order valence-corrected chi connectivity index (χ3v) is 5.41. The van der Waals surface area contributed by atoms with E-state index in [1.54, 1.807) is 0 Å². The quantitative estimate of drug-likeness (QED) is 0.414. The first kappa shape index (κ1) is 20.2. The first-order chi connectivity index (χ1) is 14.7. The number of nitrogens with zero attached hydrogens (tertiary/aromatic N) is 4. The SMILES string of the molecule is O=C(CC(Cn1cccc1)c1ccc(Cl)cc1)NCCCc1nnc2ccccn12. The molecule has 30 heavy (non-hydrogen) atoms. The predicted octanol–water partition coefficient (Wildman–Crippen LogP) is 4.11. The van der Waals surface area contributed by atoms with Crippen molar-refractivity contribution in [3.05, 3.63) is 89.6 Å². The summed E-state index contributed by atoms with van der Waals surface area (Å²) < 4.78 is 4.08. The molecular weight excluding hydrogens is 398 g/mol. The summed E-state index contributed by atoms with van der Waals surface area (Å²) in [6.45, 7) is 1.35. The van der Waals surface area contributed by atoms with Gasteiger partial charge in [-0.2, -0.15) is 0 Å². The van der Waals surface area contributed by atoms with Gasteiger partial charge in [0.1, 0.15) is 5.82 Å². The van der Waals surface area contributed by atoms with Gasteiger partial charge in [0, 0.05) is 55.5 Å². The lowest BCUT2D eigenvalue weighted by Crippen LogP contribution is -2.27. The van der Waals surface area contributed by atoms with Gasteiger partial charge in [0.2, 0.25) is 5.91 Å². The minimum atomic E-state index is 0.0493. The van der Waals surface area contributed by atoms with Crippen LogP contribution in [0.5, 0.6) is 0 Å². The third-order valence-electron chi connectivity index (χ3n) is 5.15.